The third kappa shape index (κ3) is 2.55. The van der Waals surface area contributed by atoms with Crippen LogP contribution < -0.4 is 0 Å². The maximum Gasteiger partial charge on any atom is 0.125 e. The van der Waals surface area contributed by atoms with E-state index in [1.54, 1.807) is 0 Å². The molecular weight excluding hydrogens is 416 g/mol. The van der Waals surface area contributed by atoms with Gasteiger partial charge < -0.3 is 4.55 Å². The Bertz CT molecular complexity index is 948. The minimum atomic E-state index is -4.56. The molecule has 3 nitrogen and oxygen atoms in total. The second kappa shape index (κ2) is 6.42. The van der Waals surface area contributed by atoms with Gasteiger partial charge in [0.25, 0.3) is 0 Å². The second-order valence-corrected chi connectivity index (χ2v) is 14.6. The molecule has 1 aromatic carbocycles. The van der Waals surface area contributed by atoms with E-state index in [1.165, 1.54) is 64.2 Å². The average Bonchev–Trinajstić information content (AvgIpc) is 2.73. The van der Waals surface area contributed by atoms with Gasteiger partial charge in [0, 0.05) is 0 Å². The summed E-state index contributed by atoms with van der Waals surface area (Å²) in [5.41, 5.74) is 1.46. The van der Waals surface area contributed by atoms with Crippen molar-refractivity contribution in [2.75, 3.05) is 0 Å². The molecule has 0 atom stereocenters. The van der Waals surface area contributed by atoms with Gasteiger partial charge in [-0.05, 0) is 134 Å². The molecule has 0 N–H and O–H groups in total. The fraction of sp³-hybridized carbons (Fsp3) is 0.786. The summed E-state index contributed by atoms with van der Waals surface area (Å²) in [4.78, 5) is 0.213. The molecule has 0 radical (unpaired) electrons. The van der Waals surface area contributed by atoms with Crippen molar-refractivity contribution in [1.82, 2.24) is 0 Å². The number of hydrogen-bond acceptors (Lipinski definition) is 3. The zero-order valence-electron chi connectivity index (χ0n) is 19.6. The van der Waals surface area contributed by atoms with E-state index in [9.17, 15) is 13.0 Å². The third-order valence-corrected chi connectivity index (χ3v) is 13.0. The van der Waals surface area contributed by atoms with E-state index < -0.39 is 10.1 Å². The molecule has 8 aliphatic rings. The second-order valence-electron chi connectivity index (χ2n) is 13.3. The van der Waals surface area contributed by atoms with E-state index in [0.29, 0.717) is 23.7 Å². The first-order valence-corrected chi connectivity index (χ1v) is 14.7. The summed E-state index contributed by atoms with van der Waals surface area (Å²) in [6.07, 6.45) is 12.5. The van der Waals surface area contributed by atoms with Gasteiger partial charge in [0.1, 0.15) is 10.1 Å². The molecule has 8 aliphatic carbocycles. The van der Waals surface area contributed by atoms with Crippen LogP contribution in [0.1, 0.15) is 89.2 Å². The topological polar surface area (TPSA) is 57.2 Å². The molecule has 0 aliphatic heterocycles. The molecule has 0 unspecified atom stereocenters. The number of rotatable bonds is 3. The minimum Gasteiger partial charge on any atom is -0.744 e. The van der Waals surface area contributed by atoms with Crippen LogP contribution in [0.2, 0.25) is 0 Å². The molecule has 174 valence electrons. The normalized spacial score (nSPS) is 50.8. The van der Waals surface area contributed by atoms with Crippen LogP contribution in [0.4, 0.5) is 0 Å². The van der Waals surface area contributed by atoms with Crippen LogP contribution in [-0.4, -0.2) is 13.0 Å². The lowest BCUT2D eigenvalue weighted by molar-refractivity contribution is -0.0578. The summed E-state index contributed by atoms with van der Waals surface area (Å²) in [6, 6.07) is 6.18. The Morgan fingerprint density at radius 3 is 1.25 bits per heavy atom. The highest BCUT2D eigenvalue weighted by atomic mass is 32.2. The molecule has 0 spiro atoms. The predicted octanol–water partition coefficient (Wildman–Crippen LogP) is 6.02. The van der Waals surface area contributed by atoms with Crippen molar-refractivity contribution in [1.29, 1.82) is 0 Å². The molecule has 8 saturated carbocycles. The van der Waals surface area contributed by atoms with Gasteiger partial charge in [-0.3, -0.25) is 0 Å². The first-order chi connectivity index (χ1) is 15.2. The van der Waals surface area contributed by atoms with Crippen molar-refractivity contribution in [3.63, 3.8) is 0 Å². The Hall–Kier alpha value is -0.870. The Morgan fingerprint density at radius 1 is 0.656 bits per heavy atom. The lowest BCUT2D eigenvalue weighted by Crippen LogP contribution is -2.56. The fourth-order valence-corrected chi connectivity index (χ4v) is 12.0. The van der Waals surface area contributed by atoms with E-state index in [4.69, 9.17) is 0 Å². The Labute approximate surface area is 193 Å². The molecule has 0 heterocycles. The molecule has 0 aromatic heterocycles. The van der Waals surface area contributed by atoms with Gasteiger partial charge in [0.05, 0.1) is 4.90 Å². The molecular formula is C28H37O3S-. The summed E-state index contributed by atoms with van der Waals surface area (Å²) < 4.78 is 39.2. The highest BCUT2D eigenvalue weighted by Gasteiger charge is 2.59. The lowest BCUT2D eigenvalue weighted by Gasteiger charge is -2.62. The largest absolute Gasteiger partial charge is 0.744 e. The van der Waals surface area contributed by atoms with Crippen LogP contribution in [0.5, 0.6) is 0 Å². The standard InChI is InChI=1S/C28H38O3S/c1-27(20-8-16-6-17(10-20)11-21(27)9-16)24-4-3-5-25(26(24)32(29,30)31)28(2)22-12-18-7-19(14-22)15-23(28)13-18/h3-5,16-23H,6-15H2,1-2H3,(H,29,30,31)/p-1. The van der Waals surface area contributed by atoms with Crippen LogP contribution >= 0.6 is 0 Å². The quantitative estimate of drug-likeness (QED) is 0.526. The monoisotopic (exact) mass is 453 g/mol. The van der Waals surface area contributed by atoms with Gasteiger partial charge in [-0.1, -0.05) is 32.0 Å². The van der Waals surface area contributed by atoms with Gasteiger partial charge in [-0.15, -0.1) is 0 Å². The lowest BCUT2D eigenvalue weighted by atomic mass is 9.43. The maximum absolute atomic E-state index is 13.1. The Kier molecular flexibility index (Phi) is 4.11. The van der Waals surface area contributed by atoms with Crippen LogP contribution in [-0.2, 0) is 20.9 Å². The first-order valence-electron chi connectivity index (χ1n) is 13.3. The number of hydrogen-bond donors (Lipinski definition) is 0. The molecule has 0 saturated heterocycles. The zero-order valence-corrected chi connectivity index (χ0v) is 20.4. The van der Waals surface area contributed by atoms with Crippen LogP contribution in [0.3, 0.4) is 0 Å². The van der Waals surface area contributed by atoms with Gasteiger partial charge >= 0.3 is 0 Å². The molecule has 8 fully saturated rings. The number of benzene rings is 1. The fourth-order valence-electron chi connectivity index (χ4n) is 10.9. The molecule has 9 rings (SSSR count). The van der Waals surface area contributed by atoms with Crippen molar-refractivity contribution in [2.24, 2.45) is 47.3 Å². The van der Waals surface area contributed by atoms with Gasteiger partial charge in [-0.25, -0.2) is 8.42 Å². The molecule has 4 heteroatoms. The summed E-state index contributed by atoms with van der Waals surface area (Å²) in [5.74, 6) is 5.40. The van der Waals surface area contributed by atoms with Gasteiger partial charge in [-0.2, -0.15) is 0 Å². The van der Waals surface area contributed by atoms with E-state index in [1.807, 2.05) is 12.1 Å². The Balaban J connectivity index is 1.42. The molecule has 8 bridgehead atoms. The first kappa shape index (κ1) is 20.5. The molecule has 0 amide bonds. The average molecular weight is 454 g/mol. The summed E-state index contributed by atoms with van der Waals surface area (Å²) in [5, 5.41) is 0. The maximum atomic E-state index is 13.1. The van der Waals surface area contributed by atoms with Crippen molar-refractivity contribution >= 4 is 10.1 Å². The van der Waals surface area contributed by atoms with Gasteiger partial charge in [0.2, 0.25) is 0 Å². The summed E-state index contributed by atoms with van der Waals surface area (Å²) in [6.45, 7) is 4.65. The van der Waals surface area contributed by atoms with Crippen LogP contribution in [0.15, 0.2) is 23.1 Å². The van der Waals surface area contributed by atoms with E-state index in [-0.39, 0.29) is 15.7 Å². The van der Waals surface area contributed by atoms with E-state index in [2.05, 4.69) is 19.9 Å². The van der Waals surface area contributed by atoms with E-state index >= 15 is 0 Å². The van der Waals surface area contributed by atoms with Crippen LogP contribution in [0.25, 0.3) is 0 Å². The molecule has 1 aromatic rings. The third-order valence-electron chi connectivity index (χ3n) is 12.1. The highest BCUT2D eigenvalue weighted by Crippen LogP contribution is 2.66. The van der Waals surface area contributed by atoms with Crippen molar-refractivity contribution in [3.05, 3.63) is 29.3 Å². The summed E-state index contributed by atoms with van der Waals surface area (Å²) >= 11 is 0. The zero-order chi connectivity index (χ0) is 22.0. The van der Waals surface area contributed by atoms with Crippen LogP contribution in [0, 0.1) is 47.3 Å². The Morgan fingerprint density at radius 2 is 0.969 bits per heavy atom. The van der Waals surface area contributed by atoms with Crippen molar-refractivity contribution in [2.45, 2.75) is 93.8 Å². The summed E-state index contributed by atoms with van der Waals surface area (Å²) in [7, 11) is -4.56. The van der Waals surface area contributed by atoms with Crippen molar-refractivity contribution in [3.8, 4) is 0 Å². The van der Waals surface area contributed by atoms with Crippen molar-refractivity contribution < 1.29 is 13.0 Å². The predicted molar refractivity (Wildman–Crippen MR) is 123 cm³/mol. The van der Waals surface area contributed by atoms with E-state index in [0.717, 1.165) is 34.8 Å². The SMILES string of the molecule is CC1(c2cccc(C3(C)C4CC5CC(C4)CC3C5)c2S(=O)(=O)[O-])C2CC3CC(C2)CC1C3. The minimum absolute atomic E-state index is 0.168. The molecule has 32 heavy (non-hydrogen) atoms. The van der Waals surface area contributed by atoms with Gasteiger partial charge in [0.15, 0.2) is 0 Å². The highest BCUT2D eigenvalue weighted by molar-refractivity contribution is 7.85. The smallest absolute Gasteiger partial charge is 0.125 e.